The Balaban J connectivity index is 1.87. The summed E-state index contributed by atoms with van der Waals surface area (Å²) >= 11 is 0. The Labute approximate surface area is 107 Å². The highest BCUT2D eigenvalue weighted by atomic mass is 16.1. The van der Waals surface area contributed by atoms with Gasteiger partial charge in [-0.05, 0) is 36.8 Å². The number of rotatable bonds is 4. The van der Waals surface area contributed by atoms with Gasteiger partial charge in [0.05, 0.1) is 0 Å². The van der Waals surface area contributed by atoms with Crippen molar-refractivity contribution in [3.8, 4) is 0 Å². The van der Waals surface area contributed by atoms with Gasteiger partial charge in [0, 0.05) is 6.54 Å². The molecule has 1 fully saturated rings. The summed E-state index contributed by atoms with van der Waals surface area (Å²) in [5.74, 6) is 7.03. The molecule has 1 amide bonds. The standard InChI is InChI=1S/C13H20N4O/c1-9-5-6-10(7-9)8-15-13(18)11-3-2-4-12(16-11)17-14/h2-4,9-10H,5-8,14H2,1H3,(H,15,18)(H,16,17). The van der Waals surface area contributed by atoms with Crippen LogP contribution in [0.25, 0.3) is 0 Å². The van der Waals surface area contributed by atoms with Crippen LogP contribution in [-0.2, 0) is 0 Å². The second-order valence-corrected chi connectivity index (χ2v) is 5.05. The van der Waals surface area contributed by atoms with Crippen LogP contribution in [-0.4, -0.2) is 17.4 Å². The van der Waals surface area contributed by atoms with Gasteiger partial charge in [-0.1, -0.05) is 19.4 Å². The molecule has 2 atom stereocenters. The molecule has 0 radical (unpaired) electrons. The minimum Gasteiger partial charge on any atom is -0.350 e. The maximum Gasteiger partial charge on any atom is 0.269 e. The molecule has 1 aromatic rings. The van der Waals surface area contributed by atoms with Crippen molar-refractivity contribution in [2.24, 2.45) is 17.7 Å². The molecule has 5 heteroatoms. The van der Waals surface area contributed by atoms with E-state index in [1.165, 1.54) is 19.3 Å². The number of carbonyl (C=O) groups excluding carboxylic acids is 1. The number of aromatic nitrogens is 1. The van der Waals surface area contributed by atoms with Crippen LogP contribution in [0.15, 0.2) is 18.2 Å². The lowest BCUT2D eigenvalue weighted by Gasteiger charge is -2.11. The lowest BCUT2D eigenvalue weighted by atomic mass is 10.1. The number of carbonyl (C=O) groups is 1. The average molecular weight is 248 g/mol. The van der Waals surface area contributed by atoms with Crippen molar-refractivity contribution in [1.82, 2.24) is 10.3 Å². The molecular weight excluding hydrogens is 228 g/mol. The monoisotopic (exact) mass is 248 g/mol. The van der Waals surface area contributed by atoms with Crippen LogP contribution >= 0.6 is 0 Å². The van der Waals surface area contributed by atoms with Gasteiger partial charge in [-0.3, -0.25) is 4.79 Å². The van der Waals surface area contributed by atoms with Crippen molar-refractivity contribution in [2.45, 2.75) is 26.2 Å². The van der Waals surface area contributed by atoms with Crippen LogP contribution in [0.3, 0.4) is 0 Å². The number of nitrogen functional groups attached to an aromatic ring is 1. The molecule has 2 unspecified atom stereocenters. The van der Waals surface area contributed by atoms with Crippen molar-refractivity contribution >= 4 is 11.7 Å². The van der Waals surface area contributed by atoms with Crippen LogP contribution in [0.5, 0.6) is 0 Å². The second-order valence-electron chi connectivity index (χ2n) is 5.05. The Bertz CT molecular complexity index is 421. The van der Waals surface area contributed by atoms with E-state index in [1.54, 1.807) is 18.2 Å². The van der Waals surface area contributed by atoms with Gasteiger partial charge in [0.25, 0.3) is 5.91 Å². The molecule has 0 saturated heterocycles. The van der Waals surface area contributed by atoms with Crippen molar-refractivity contribution in [1.29, 1.82) is 0 Å². The van der Waals surface area contributed by atoms with Gasteiger partial charge in [0.1, 0.15) is 11.5 Å². The van der Waals surface area contributed by atoms with Gasteiger partial charge in [-0.25, -0.2) is 10.8 Å². The molecule has 1 aliphatic rings. The van der Waals surface area contributed by atoms with Crippen molar-refractivity contribution in [3.05, 3.63) is 23.9 Å². The molecule has 5 nitrogen and oxygen atoms in total. The number of nitrogens with two attached hydrogens (primary N) is 1. The third-order valence-electron chi connectivity index (χ3n) is 3.48. The summed E-state index contributed by atoms with van der Waals surface area (Å²) in [4.78, 5) is 16.0. The number of nitrogens with one attached hydrogen (secondary N) is 2. The summed E-state index contributed by atoms with van der Waals surface area (Å²) in [6, 6.07) is 5.16. The van der Waals surface area contributed by atoms with Crippen LogP contribution in [0.2, 0.25) is 0 Å². The third-order valence-corrected chi connectivity index (χ3v) is 3.48. The molecule has 0 bridgehead atoms. The first-order valence-corrected chi connectivity index (χ1v) is 6.41. The fourth-order valence-electron chi connectivity index (χ4n) is 2.48. The van der Waals surface area contributed by atoms with Gasteiger partial charge >= 0.3 is 0 Å². The fourth-order valence-corrected chi connectivity index (χ4v) is 2.48. The van der Waals surface area contributed by atoms with E-state index >= 15 is 0 Å². The molecule has 1 saturated carbocycles. The molecular formula is C13H20N4O. The molecule has 0 aliphatic heterocycles. The molecule has 0 aromatic carbocycles. The topological polar surface area (TPSA) is 80.0 Å². The molecule has 0 spiro atoms. The number of hydrogen-bond donors (Lipinski definition) is 3. The van der Waals surface area contributed by atoms with Gasteiger partial charge < -0.3 is 10.7 Å². The molecule has 1 heterocycles. The van der Waals surface area contributed by atoms with E-state index < -0.39 is 0 Å². The summed E-state index contributed by atoms with van der Waals surface area (Å²) in [7, 11) is 0. The minimum absolute atomic E-state index is 0.133. The predicted octanol–water partition coefficient (Wildman–Crippen LogP) is 1.53. The van der Waals surface area contributed by atoms with E-state index in [-0.39, 0.29) is 5.91 Å². The van der Waals surface area contributed by atoms with E-state index in [0.717, 1.165) is 12.5 Å². The number of pyridine rings is 1. The Morgan fingerprint density at radius 3 is 3.00 bits per heavy atom. The van der Waals surface area contributed by atoms with E-state index in [9.17, 15) is 4.79 Å². The molecule has 4 N–H and O–H groups in total. The normalized spacial score (nSPS) is 22.8. The summed E-state index contributed by atoms with van der Waals surface area (Å²) in [6.45, 7) is 3.00. The average Bonchev–Trinajstić information content (AvgIpc) is 2.82. The largest absolute Gasteiger partial charge is 0.350 e. The van der Waals surface area contributed by atoms with Gasteiger partial charge in [0.2, 0.25) is 0 Å². The number of hydrogen-bond acceptors (Lipinski definition) is 4. The minimum atomic E-state index is -0.133. The van der Waals surface area contributed by atoms with Crippen LogP contribution < -0.4 is 16.6 Å². The SMILES string of the molecule is CC1CCC(CNC(=O)c2cccc(NN)n2)C1. The van der Waals surface area contributed by atoms with Crippen molar-refractivity contribution in [3.63, 3.8) is 0 Å². The summed E-state index contributed by atoms with van der Waals surface area (Å²) < 4.78 is 0. The first-order chi connectivity index (χ1) is 8.69. The van der Waals surface area contributed by atoms with E-state index in [1.807, 2.05) is 0 Å². The summed E-state index contributed by atoms with van der Waals surface area (Å²) in [5.41, 5.74) is 2.83. The van der Waals surface area contributed by atoms with Crippen LogP contribution in [0, 0.1) is 11.8 Å². The molecule has 1 aromatic heterocycles. The first-order valence-electron chi connectivity index (χ1n) is 6.41. The first kappa shape index (κ1) is 12.8. The number of amides is 1. The molecule has 98 valence electrons. The van der Waals surface area contributed by atoms with E-state index in [4.69, 9.17) is 5.84 Å². The van der Waals surface area contributed by atoms with E-state index in [2.05, 4.69) is 22.7 Å². The fraction of sp³-hybridized carbons (Fsp3) is 0.538. The quantitative estimate of drug-likeness (QED) is 0.557. The Hall–Kier alpha value is -1.62. The van der Waals surface area contributed by atoms with Crippen LogP contribution in [0.4, 0.5) is 5.82 Å². The van der Waals surface area contributed by atoms with Gasteiger partial charge in [0.15, 0.2) is 0 Å². The van der Waals surface area contributed by atoms with E-state index in [0.29, 0.717) is 17.4 Å². The Kier molecular flexibility index (Phi) is 4.15. The predicted molar refractivity (Wildman–Crippen MR) is 70.9 cm³/mol. The molecule has 2 rings (SSSR count). The maximum atomic E-state index is 11.9. The zero-order valence-electron chi connectivity index (χ0n) is 10.6. The summed E-state index contributed by atoms with van der Waals surface area (Å²) in [6.07, 6.45) is 3.68. The summed E-state index contributed by atoms with van der Waals surface area (Å²) in [5, 5.41) is 2.94. The molecule has 18 heavy (non-hydrogen) atoms. The zero-order chi connectivity index (χ0) is 13.0. The Morgan fingerprint density at radius 1 is 1.50 bits per heavy atom. The van der Waals surface area contributed by atoms with Gasteiger partial charge in [-0.2, -0.15) is 0 Å². The highest BCUT2D eigenvalue weighted by Gasteiger charge is 2.21. The lowest BCUT2D eigenvalue weighted by molar-refractivity contribution is 0.0942. The number of anilines is 1. The van der Waals surface area contributed by atoms with Crippen molar-refractivity contribution in [2.75, 3.05) is 12.0 Å². The Morgan fingerprint density at radius 2 is 2.33 bits per heavy atom. The zero-order valence-corrected chi connectivity index (χ0v) is 10.6. The highest BCUT2D eigenvalue weighted by molar-refractivity contribution is 5.92. The molecule has 1 aliphatic carbocycles. The van der Waals surface area contributed by atoms with Gasteiger partial charge in [-0.15, -0.1) is 0 Å². The highest BCUT2D eigenvalue weighted by Crippen LogP contribution is 2.29. The maximum absolute atomic E-state index is 11.9. The van der Waals surface area contributed by atoms with Crippen molar-refractivity contribution < 1.29 is 4.79 Å². The lowest BCUT2D eigenvalue weighted by Crippen LogP contribution is -2.29. The smallest absolute Gasteiger partial charge is 0.269 e. The second kappa shape index (κ2) is 5.82. The number of hydrazine groups is 1. The third kappa shape index (κ3) is 3.20. The van der Waals surface area contributed by atoms with Crippen LogP contribution in [0.1, 0.15) is 36.7 Å². The number of nitrogens with zero attached hydrogens (tertiary/aromatic N) is 1.